The maximum absolute atomic E-state index is 11.2. The average molecular weight is 335 g/mol. The molecule has 0 aromatic heterocycles. The number of hydrogen-bond acceptors (Lipinski definition) is 4. The lowest BCUT2D eigenvalue weighted by Gasteiger charge is -2.37. The molecule has 0 saturated carbocycles. The Hall–Kier alpha value is -1.68. The molecule has 124 valence electrons. The summed E-state index contributed by atoms with van der Waals surface area (Å²) in [6, 6.07) is 3.83. The predicted molar refractivity (Wildman–Crippen MR) is 92.8 cm³/mol. The Morgan fingerprint density at radius 2 is 2.09 bits per heavy atom. The molecule has 1 aromatic carbocycles. The second-order valence-corrected chi connectivity index (χ2v) is 5.60. The molecule has 0 unspecified atom stereocenters. The van der Waals surface area contributed by atoms with Crippen LogP contribution in [-0.4, -0.2) is 44.2 Å². The monoisotopic (exact) mass is 335 g/mol. The van der Waals surface area contributed by atoms with Crippen LogP contribution in [0.25, 0.3) is 0 Å². The van der Waals surface area contributed by atoms with Crippen molar-refractivity contribution in [3.63, 3.8) is 0 Å². The number of fused-ring (bicyclic) bond motifs is 1. The highest BCUT2D eigenvalue weighted by atomic mass is 31.0. The minimum Gasteiger partial charge on any atom is -0.493 e. The molecule has 23 heavy (non-hydrogen) atoms. The number of hydrogen-bond donors (Lipinski definition) is 0. The molecule has 1 heterocycles. The number of ether oxygens (including phenoxy) is 3. The van der Waals surface area contributed by atoms with Crippen LogP contribution in [0, 0.1) is 0 Å². The molecule has 1 aliphatic heterocycles. The van der Waals surface area contributed by atoms with Crippen LogP contribution in [0.3, 0.4) is 0 Å². The zero-order chi connectivity index (χ0) is 16.8. The van der Waals surface area contributed by atoms with Gasteiger partial charge in [0.05, 0.1) is 20.8 Å². The molecule has 0 N–H and O–H groups in total. The quantitative estimate of drug-likeness (QED) is 0.415. The first-order chi connectivity index (χ1) is 11.2. The van der Waals surface area contributed by atoms with Gasteiger partial charge in [-0.3, -0.25) is 0 Å². The van der Waals surface area contributed by atoms with E-state index in [0.717, 1.165) is 30.4 Å². The summed E-state index contributed by atoms with van der Waals surface area (Å²) in [7, 11) is 6.75. The molecular weight excluding hydrogens is 313 g/mol. The molecule has 0 bridgehead atoms. The van der Waals surface area contributed by atoms with E-state index >= 15 is 0 Å². The molecule has 0 saturated heterocycles. The summed E-state index contributed by atoms with van der Waals surface area (Å²) in [4.78, 5) is 13.2. The molecule has 2 rings (SSSR count). The van der Waals surface area contributed by atoms with Gasteiger partial charge >= 0.3 is 0 Å². The predicted octanol–water partition coefficient (Wildman–Crippen LogP) is 2.62. The van der Waals surface area contributed by atoms with Gasteiger partial charge in [0, 0.05) is 19.0 Å². The third-order valence-electron chi connectivity index (χ3n) is 3.92. The second-order valence-electron chi connectivity index (χ2n) is 5.17. The van der Waals surface area contributed by atoms with Crippen molar-refractivity contribution in [2.75, 3.05) is 27.4 Å². The number of aldehydes is 1. The molecule has 1 aliphatic rings. The van der Waals surface area contributed by atoms with Gasteiger partial charge in [-0.05, 0) is 29.7 Å². The number of carbonyl (C=O) groups is 1. The lowest BCUT2D eigenvalue weighted by Crippen LogP contribution is -2.40. The molecule has 0 spiro atoms. The van der Waals surface area contributed by atoms with Crippen molar-refractivity contribution < 1.29 is 19.0 Å². The Morgan fingerprint density at radius 3 is 2.70 bits per heavy atom. The number of carbonyl (C=O) groups excluding carboxylic acids is 1. The standard InChI is InChI=1S/C17H22NO4P/c1-4-9-22-17(23)18-7-5-12-10-15(20-2)16(21-3)11-13(12)14(18)6-8-19/h4,8,10-11,14,23H,1,5-7,9H2,2-3H3/t14-/m1/s1. The van der Waals surface area contributed by atoms with Crippen molar-refractivity contribution in [1.82, 2.24) is 4.90 Å². The van der Waals surface area contributed by atoms with E-state index in [1.807, 2.05) is 17.0 Å². The lowest BCUT2D eigenvalue weighted by molar-refractivity contribution is -0.108. The van der Waals surface area contributed by atoms with Crippen molar-refractivity contribution in [3.05, 3.63) is 35.9 Å². The third-order valence-corrected chi connectivity index (χ3v) is 4.35. The van der Waals surface area contributed by atoms with Crippen LogP contribution in [0.15, 0.2) is 24.8 Å². The van der Waals surface area contributed by atoms with E-state index < -0.39 is 0 Å². The van der Waals surface area contributed by atoms with Gasteiger partial charge in [-0.25, -0.2) is 4.90 Å². The molecule has 5 nitrogen and oxygen atoms in total. The second kappa shape index (κ2) is 8.25. The van der Waals surface area contributed by atoms with E-state index in [-0.39, 0.29) is 6.04 Å². The van der Waals surface area contributed by atoms with Crippen LogP contribution < -0.4 is 9.47 Å². The van der Waals surface area contributed by atoms with Gasteiger partial charge in [-0.2, -0.15) is 0 Å². The van der Waals surface area contributed by atoms with Crippen molar-refractivity contribution in [3.8, 4) is 11.5 Å². The Kier molecular flexibility index (Phi) is 6.34. The zero-order valence-corrected chi connectivity index (χ0v) is 14.5. The Balaban J connectivity index is 2.38. The minimum absolute atomic E-state index is 0.103. The zero-order valence-electron chi connectivity index (χ0n) is 13.5. The molecule has 0 aliphatic carbocycles. The van der Waals surface area contributed by atoms with Crippen LogP contribution >= 0.6 is 8.86 Å². The van der Waals surface area contributed by atoms with E-state index in [1.54, 1.807) is 20.3 Å². The van der Waals surface area contributed by atoms with Crippen molar-refractivity contribution in [2.24, 2.45) is 0 Å². The summed E-state index contributed by atoms with van der Waals surface area (Å²) in [5, 5.41) is 0. The molecule has 0 amide bonds. The van der Waals surface area contributed by atoms with Gasteiger partial charge in [-0.15, -0.1) is 6.58 Å². The number of methoxy groups -OCH3 is 2. The third kappa shape index (κ3) is 3.81. The topological polar surface area (TPSA) is 48.0 Å². The molecule has 0 radical (unpaired) electrons. The minimum atomic E-state index is -0.103. The summed E-state index contributed by atoms with van der Waals surface area (Å²) >= 11 is 0. The van der Waals surface area contributed by atoms with E-state index in [1.165, 1.54) is 0 Å². The Bertz CT molecular complexity index is 603. The highest BCUT2D eigenvalue weighted by Gasteiger charge is 2.30. The van der Waals surface area contributed by atoms with Crippen LogP contribution in [0.2, 0.25) is 0 Å². The summed E-state index contributed by atoms with van der Waals surface area (Å²) in [5.74, 6) is 1.36. The largest absolute Gasteiger partial charge is 0.493 e. The smallest absolute Gasteiger partial charge is 0.161 e. The number of benzene rings is 1. The molecule has 0 fully saturated rings. The van der Waals surface area contributed by atoms with Crippen LogP contribution in [0.1, 0.15) is 23.6 Å². The van der Waals surface area contributed by atoms with E-state index in [2.05, 4.69) is 15.4 Å². The highest BCUT2D eigenvalue weighted by Crippen LogP contribution is 2.39. The molecule has 1 aromatic rings. The van der Waals surface area contributed by atoms with Gasteiger partial charge in [0.15, 0.2) is 11.5 Å². The van der Waals surface area contributed by atoms with Crippen LogP contribution in [0.4, 0.5) is 0 Å². The van der Waals surface area contributed by atoms with Crippen molar-refractivity contribution in [2.45, 2.75) is 18.9 Å². The van der Waals surface area contributed by atoms with Gasteiger partial charge in [0.25, 0.3) is 0 Å². The highest BCUT2D eigenvalue weighted by molar-refractivity contribution is 7.20. The fraction of sp³-hybridized carbons (Fsp3) is 0.412. The SMILES string of the molecule is C=CCOC(=P)N1CCc2cc(OC)c(OC)cc2[C@H]1CC=O. The van der Waals surface area contributed by atoms with E-state index in [4.69, 9.17) is 14.2 Å². The van der Waals surface area contributed by atoms with Crippen molar-refractivity contribution in [1.29, 1.82) is 0 Å². The van der Waals surface area contributed by atoms with Crippen LogP contribution in [0.5, 0.6) is 11.5 Å². The maximum atomic E-state index is 11.2. The molecule has 6 heteroatoms. The summed E-state index contributed by atoms with van der Waals surface area (Å²) in [6.45, 7) is 4.80. The van der Waals surface area contributed by atoms with Gasteiger partial charge in [0.2, 0.25) is 0 Å². The Labute approximate surface area is 139 Å². The van der Waals surface area contributed by atoms with E-state index in [9.17, 15) is 4.79 Å². The number of nitrogens with zero attached hydrogens (tertiary/aromatic N) is 1. The van der Waals surface area contributed by atoms with Crippen molar-refractivity contribution >= 4 is 20.8 Å². The fourth-order valence-electron chi connectivity index (χ4n) is 2.84. The summed E-state index contributed by atoms with van der Waals surface area (Å²) in [6.07, 6.45) is 3.81. The van der Waals surface area contributed by atoms with Gasteiger partial charge in [0.1, 0.15) is 11.9 Å². The Morgan fingerprint density at radius 1 is 1.39 bits per heavy atom. The first kappa shape index (κ1) is 17.7. The van der Waals surface area contributed by atoms with E-state index in [0.29, 0.717) is 30.1 Å². The van der Waals surface area contributed by atoms with Crippen LogP contribution in [-0.2, 0) is 16.0 Å². The first-order valence-corrected chi connectivity index (χ1v) is 7.93. The first-order valence-electron chi connectivity index (χ1n) is 7.43. The number of rotatable bonds is 8. The lowest BCUT2D eigenvalue weighted by atomic mass is 9.90. The van der Waals surface area contributed by atoms with Gasteiger partial charge < -0.3 is 19.0 Å². The normalized spacial score (nSPS) is 17.2. The van der Waals surface area contributed by atoms with Gasteiger partial charge in [-0.1, -0.05) is 14.9 Å². The maximum Gasteiger partial charge on any atom is 0.161 e. The summed E-state index contributed by atoms with van der Waals surface area (Å²) < 4.78 is 16.4. The fourth-order valence-corrected chi connectivity index (χ4v) is 3.19. The molecular formula is C17H22NO4P. The summed E-state index contributed by atoms with van der Waals surface area (Å²) in [5.41, 5.74) is 2.82. The molecule has 1 atom stereocenters. The average Bonchev–Trinajstić information content (AvgIpc) is 2.58.